The Morgan fingerprint density at radius 3 is 2.61 bits per heavy atom. The van der Waals surface area contributed by atoms with Crippen molar-refractivity contribution >= 4 is 23.2 Å². The number of ether oxygens (including phenoxy) is 2. The molecule has 2 heterocycles. The number of hydrogen-bond donors (Lipinski definition) is 1. The molecule has 0 saturated heterocycles. The Morgan fingerprint density at radius 2 is 1.82 bits per heavy atom. The van der Waals surface area contributed by atoms with E-state index in [-0.39, 0.29) is 18.1 Å². The minimum atomic E-state index is -0.352. The third kappa shape index (κ3) is 3.97. The second kappa shape index (κ2) is 7.94. The first-order valence-electron chi connectivity index (χ1n) is 8.83. The fourth-order valence-corrected chi connectivity index (χ4v) is 3.13. The fourth-order valence-electron chi connectivity index (χ4n) is 2.93. The van der Waals surface area contributed by atoms with Crippen LogP contribution in [0.25, 0.3) is 11.3 Å². The standard InChI is InChI=1S/C21H17ClFNO4/c22-15-11-19-20(27-10-9-26-19)12-17(15)24-21(25)8-6-13-5-7-18(28-13)14-3-1-2-4-16(14)23/h1-5,7,11-12H,6,8-10H2,(H,24,25). The van der Waals surface area contributed by atoms with Crippen LogP contribution in [0.15, 0.2) is 52.9 Å². The summed E-state index contributed by atoms with van der Waals surface area (Å²) in [4.78, 5) is 12.3. The Labute approximate surface area is 166 Å². The van der Waals surface area contributed by atoms with Crippen molar-refractivity contribution in [3.63, 3.8) is 0 Å². The van der Waals surface area contributed by atoms with Gasteiger partial charge in [0.25, 0.3) is 0 Å². The molecule has 144 valence electrons. The van der Waals surface area contributed by atoms with E-state index in [0.29, 0.717) is 58.9 Å². The first-order valence-corrected chi connectivity index (χ1v) is 9.20. The van der Waals surface area contributed by atoms with E-state index in [2.05, 4.69) is 5.32 Å². The summed E-state index contributed by atoms with van der Waals surface area (Å²) in [7, 11) is 0. The van der Waals surface area contributed by atoms with E-state index in [9.17, 15) is 9.18 Å². The molecule has 0 unspecified atom stereocenters. The molecular weight excluding hydrogens is 385 g/mol. The van der Waals surface area contributed by atoms with Gasteiger partial charge >= 0.3 is 0 Å². The number of aryl methyl sites for hydroxylation is 1. The molecule has 0 spiro atoms. The van der Waals surface area contributed by atoms with Crippen LogP contribution in [0, 0.1) is 5.82 Å². The lowest BCUT2D eigenvalue weighted by Gasteiger charge is -2.20. The van der Waals surface area contributed by atoms with E-state index in [0.717, 1.165) is 0 Å². The molecule has 0 saturated carbocycles. The second-order valence-corrected chi connectivity index (χ2v) is 6.68. The van der Waals surface area contributed by atoms with Crippen LogP contribution in [0.4, 0.5) is 10.1 Å². The topological polar surface area (TPSA) is 60.7 Å². The molecule has 3 aromatic rings. The first kappa shape index (κ1) is 18.4. The van der Waals surface area contributed by atoms with Gasteiger partial charge in [-0.25, -0.2) is 4.39 Å². The molecule has 0 atom stereocenters. The Balaban J connectivity index is 1.38. The Bertz CT molecular complexity index is 1020. The molecular formula is C21H17ClFNO4. The van der Waals surface area contributed by atoms with Gasteiger partial charge in [0.2, 0.25) is 5.91 Å². The van der Waals surface area contributed by atoms with Crippen LogP contribution >= 0.6 is 11.6 Å². The van der Waals surface area contributed by atoms with Gasteiger partial charge in [-0.2, -0.15) is 0 Å². The summed E-state index contributed by atoms with van der Waals surface area (Å²) in [6, 6.07) is 13.1. The number of amides is 1. The highest BCUT2D eigenvalue weighted by Crippen LogP contribution is 2.38. The normalized spacial score (nSPS) is 12.6. The number of hydrogen-bond acceptors (Lipinski definition) is 4. The number of halogens is 2. The fraction of sp³-hybridized carbons (Fsp3) is 0.190. The maximum atomic E-state index is 13.8. The molecule has 1 aromatic heterocycles. The zero-order chi connectivity index (χ0) is 19.5. The lowest BCUT2D eigenvalue weighted by molar-refractivity contribution is -0.116. The average molecular weight is 402 g/mol. The molecule has 1 aliphatic heterocycles. The van der Waals surface area contributed by atoms with Gasteiger partial charge in [-0.1, -0.05) is 23.7 Å². The summed E-state index contributed by atoms with van der Waals surface area (Å²) in [5, 5.41) is 3.14. The zero-order valence-electron chi connectivity index (χ0n) is 14.8. The highest BCUT2D eigenvalue weighted by atomic mass is 35.5. The van der Waals surface area contributed by atoms with Crippen molar-refractivity contribution in [1.82, 2.24) is 0 Å². The maximum absolute atomic E-state index is 13.8. The van der Waals surface area contributed by atoms with Gasteiger partial charge in [-0.05, 0) is 24.3 Å². The van der Waals surface area contributed by atoms with Crippen molar-refractivity contribution in [2.45, 2.75) is 12.8 Å². The smallest absolute Gasteiger partial charge is 0.224 e. The van der Waals surface area contributed by atoms with Crippen LogP contribution in [0.3, 0.4) is 0 Å². The minimum Gasteiger partial charge on any atom is -0.486 e. The number of furan rings is 1. The molecule has 4 rings (SSSR count). The number of fused-ring (bicyclic) bond motifs is 1. The molecule has 5 nitrogen and oxygen atoms in total. The number of carbonyl (C=O) groups excluding carboxylic acids is 1. The largest absolute Gasteiger partial charge is 0.486 e. The predicted molar refractivity (Wildman–Crippen MR) is 103 cm³/mol. The lowest BCUT2D eigenvalue weighted by Crippen LogP contribution is -2.17. The molecule has 1 aliphatic rings. The minimum absolute atomic E-state index is 0.189. The predicted octanol–water partition coefficient (Wildman–Crippen LogP) is 5.08. The quantitative estimate of drug-likeness (QED) is 0.647. The van der Waals surface area contributed by atoms with Gasteiger partial charge in [-0.3, -0.25) is 4.79 Å². The Kier molecular flexibility index (Phi) is 5.21. The van der Waals surface area contributed by atoms with E-state index in [1.54, 1.807) is 42.5 Å². The summed E-state index contributed by atoms with van der Waals surface area (Å²) in [5.41, 5.74) is 0.851. The summed E-state index contributed by atoms with van der Waals surface area (Å²) < 4.78 is 30.5. The SMILES string of the molecule is O=C(CCc1ccc(-c2ccccc2F)o1)Nc1cc2c(cc1Cl)OCCO2. The molecule has 2 aromatic carbocycles. The highest BCUT2D eigenvalue weighted by Gasteiger charge is 2.17. The van der Waals surface area contributed by atoms with Gasteiger partial charge in [0.1, 0.15) is 30.6 Å². The van der Waals surface area contributed by atoms with Crippen LogP contribution < -0.4 is 14.8 Å². The van der Waals surface area contributed by atoms with Gasteiger partial charge in [0, 0.05) is 25.0 Å². The van der Waals surface area contributed by atoms with Gasteiger partial charge in [-0.15, -0.1) is 0 Å². The molecule has 1 amide bonds. The van der Waals surface area contributed by atoms with Crippen molar-refractivity contribution in [3.05, 3.63) is 65.1 Å². The number of anilines is 1. The number of nitrogens with one attached hydrogen (secondary N) is 1. The number of carbonyl (C=O) groups is 1. The van der Waals surface area contributed by atoms with Gasteiger partial charge in [0.05, 0.1) is 16.3 Å². The Morgan fingerprint density at radius 1 is 1.07 bits per heavy atom. The van der Waals surface area contributed by atoms with E-state index >= 15 is 0 Å². The van der Waals surface area contributed by atoms with Crippen molar-refractivity contribution in [2.24, 2.45) is 0 Å². The first-order chi connectivity index (χ1) is 13.6. The molecule has 0 fully saturated rings. The van der Waals surface area contributed by atoms with Gasteiger partial charge in [0.15, 0.2) is 11.5 Å². The van der Waals surface area contributed by atoms with Gasteiger partial charge < -0.3 is 19.2 Å². The van der Waals surface area contributed by atoms with Crippen molar-refractivity contribution in [2.75, 3.05) is 18.5 Å². The Hall–Kier alpha value is -2.99. The van der Waals surface area contributed by atoms with E-state index in [1.165, 1.54) is 6.07 Å². The van der Waals surface area contributed by atoms with Crippen molar-refractivity contribution in [1.29, 1.82) is 0 Å². The monoisotopic (exact) mass is 401 g/mol. The second-order valence-electron chi connectivity index (χ2n) is 6.27. The van der Waals surface area contributed by atoms with Crippen LogP contribution in [0.1, 0.15) is 12.2 Å². The number of rotatable bonds is 5. The van der Waals surface area contributed by atoms with Crippen molar-refractivity contribution in [3.8, 4) is 22.8 Å². The number of benzene rings is 2. The summed E-state index contributed by atoms with van der Waals surface area (Å²) in [6.45, 7) is 0.915. The molecule has 0 aliphatic carbocycles. The van der Waals surface area contributed by atoms with E-state index < -0.39 is 0 Å². The van der Waals surface area contributed by atoms with E-state index in [4.69, 9.17) is 25.5 Å². The van der Waals surface area contributed by atoms with Crippen LogP contribution in [0.2, 0.25) is 5.02 Å². The molecule has 0 bridgehead atoms. The summed E-state index contributed by atoms with van der Waals surface area (Å²) in [5.74, 6) is 1.57. The average Bonchev–Trinajstić information content (AvgIpc) is 3.16. The van der Waals surface area contributed by atoms with Crippen LogP contribution in [-0.2, 0) is 11.2 Å². The highest BCUT2D eigenvalue weighted by molar-refractivity contribution is 6.34. The van der Waals surface area contributed by atoms with Crippen molar-refractivity contribution < 1.29 is 23.1 Å². The zero-order valence-corrected chi connectivity index (χ0v) is 15.6. The van der Waals surface area contributed by atoms with E-state index in [1.807, 2.05) is 0 Å². The van der Waals surface area contributed by atoms with Crippen LogP contribution in [-0.4, -0.2) is 19.1 Å². The third-order valence-electron chi connectivity index (χ3n) is 4.31. The molecule has 0 radical (unpaired) electrons. The summed E-state index contributed by atoms with van der Waals surface area (Å²) in [6.07, 6.45) is 0.567. The molecule has 1 N–H and O–H groups in total. The van der Waals surface area contributed by atoms with Crippen LogP contribution in [0.5, 0.6) is 11.5 Å². The maximum Gasteiger partial charge on any atom is 0.224 e. The summed E-state index contributed by atoms with van der Waals surface area (Å²) >= 11 is 6.20. The lowest BCUT2D eigenvalue weighted by atomic mass is 10.1. The molecule has 7 heteroatoms. The third-order valence-corrected chi connectivity index (χ3v) is 4.62. The molecule has 28 heavy (non-hydrogen) atoms.